The Kier molecular flexibility index (Phi) is 9.58. The highest BCUT2D eigenvalue weighted by Crippen LogP contribution is 2.47. The lowest BCUT2D eigenvalue weighted by atomic mass is 9.82. The van der Waals surface area contributed by atoms with Crippen molar-refractivity contribution >= 4 is 43.1 Å². The quantitative estimate of drug-likeness (QED) is 0.154. The smallest absolute Gasteiger partial charge is 0.00199 e. The van der Waals surface area contributed by atoms with E-state index in [4.69, 9.17) is 0 Å². The molecule has 278 valence electrons. The molecule has 0 amide bonds. The van der Waals surface area contributed by atoms with Gasteiger partial charge in [-0.2, -0.15) is 0 Å². The molecule has 11 aromatic rings. The Morgan fingerprint density at radius 1 is 0.220 bits per heavy atom. The van der Waals surface area contributed by atoms with E-state index >= 15 is 0 Å². The highest BCUT2D eigenvalue weighted by molar-refractivity contribution is 6.22. The van der Waals surface area contributed by atoms with Crippen LogP contribution in [0.1, 0.15) is 5.56 Å². The predicted molar refractivity (Wildman–Crippen MR) is 255 cm³/mol. The molecule has 11 aromatic carbocycles. The maximum atomic E-state index is 2.43. The zero-order valence-electron chi connectivity index (χ0n) is 33.0. The van der Waals surface area contributed by atoms with Crippen LogP contribution in [0.5, 0.6) is 0 Å². The van der Waals surface area contributed by atoms with Gasteiger partial charge in [-0.05, 0) is 124 Å². The zero-order valence-corrected chi connectivity index (χ0v) is 33.0. The molecule has 0 aliphatic heterocycles. The number of hydrogen-bond donors (Lipinski definition) is 0. The Morgan fingerprint density at radius 2 is 0.661 bits per heavy atom. The molecule has 0 saturated carbocycles. The van der Waals surface area contributed by atoms with Gasteiger partial charge in [-0.3, -0.25) is 0 Å². The SMILES string of the molecule is Cc1ccc2cc(-c3ccc(-c4cccc(-c5ccccc5)c4)cc3-c3c4ccccc4c(-c4ccccc4)c4ccccc34)ccc2c1.c1ccc2ccccc2c1. The summed E-state index contributed by atoms with van der Waals surface area (Å²) in [5.41, 5.74) is 13.6. The van der Waals surface area contributed by atoms with Crippen molar-refractivity contribution in [1.29, 1.82) is 0 Å². The molecule has 0 bridgehead atoms. The summed E-state index contributed by atoms with van der Waals surface area (Å²) in [7, 11) is 0. The zero-order chi connectivity index (χ0) is 39.5. The first-order valence-electron chi connectivity index (χ1n) is 20.4. The summed E-state index contributed by atoms with van der Waals surface area (Å²) in [5.74, 6) is 0. The van der Waals surface area contributed by atoms with Crippen LogP contribution in [0.4, 0.5) is 0 Å². The van der Waals surface area contributed by atoms with E-state index in [0.29, 0.717) is 0 Å². The Balaban J connectivity index is 0.000000366. The Labute approximate surface area is 346 Å². The van der Waals surface area contributed by atoms with Gasteiger partial charge in [-0.15, -0.1) is 0 Å². The van der Waals surface area contributed by atoms with E-state index in [1.54, 1.807) is 0 Å². The molecule has 0 saturated heterocycles. The molecule has 0 atom stereocenters. The third-order valence-corrected chi connectivity index (χ3v) is 11.6. The summed E-state index contributed by atoms with van der Waals surface area (Å²) in [6, 6.07) is 85.7. The Hall–Kier alpha value is -7.54. The normalized spacial score (nSPS) is 11.1. The van der Waals surface area contributed by atoms with Gasteiger partial charge < -0.3 is 0 Å². The molecule has 0 aliphatic carbocycles. The molecule has 0 heteroatoms. The lowest BCUT2D eigenvalue weighted by Gasteiger charge is -2.21. The first kappa shape index (κ1) is 35.8. The third-order valence-electron chi connectivity index (χ3n) is 11.6. The molecule has 0 nitrogen and oxygen atoms in total. The average Bonchev–Trinajstić information content (AvgIpc) is 3.31. The minimum Gasteiger partial charge on any atom is -0.0622 e. The maximum Gasteiger partial charge on any atom is -0.00199 e. The van der Waals surface area contributed by atoms with Gasteiger partial charge in [0, 0.05) is 0 Å². The van der Waals surface area contributed by atoms with Crippen molar-refractivity contribution in [3.63, 3.8) is 0 Å². The van der Waals surface area contributed by atoms with Crippen molar-refractivity contribution in [2.24, 2.45) is 0 Å². The lowest BCUT2D eigenvalue weighted by molar-refractivity contribution is 1.50. The highest BCUT2D eigenvalue weighted by Gasteiger charge is 2.20. The summed E-state index contributed by atoms with van der Waals surface area (Å²) >= 11 is 0. The van der Waals surface area contributed by atoms with Crippen LogP contribution in [0.25, 0.3) is 98.7 Å². The van der Waals surface area contributed by atoms with E-state index in [1.165, 1.54) is 104 Å². The standard InChI is InChI=1S/C49H34.C10H8/c1-33-23-24-39-31-41(26-25-38(39)29-33)42-28-27-40(37-18-12-17-36(30-37)34-13-4-2-5-14-34)32-47(42)49-45-21-10-8-19-43(45)48(35-15-6-3-7-16-35)44-20-9-11-22-46(44)49;1-2-6-10-8-4-3-7-9(10)5-1/h2-32H,1H3;1-8H. The summed E-state index contributed by atoms with van der Waals surface area (Å²) < 4.78 is 0. The molecule has 0 radical (unpaired) electrons. The fourth-order valence-electron chi connectivity index (χ4n) is 8.69. The number of rotatable bonds is 5. The Bertz CT molecular complexity index is 3140. The van der Waals surface area contributed by atoms with E-state index in [9.17, 15) is 0 Å². The first-order valence-corrected chi connectivity index (χ1v) is 20.4. The maximum absolute atomic E-state index is 2.43. The topological polar surface area (TPSA) is 0 Å². The van der Waals surface area contributed by atoms with Crippen molar-refractivity contribution in [2.45, 2.75) is 6.92 Å². The van der Waals surface area contributed by atoms with Gasteiger partial charge in [0.25, 0.3) is 0 Å². The monoisotopic (exact) mass is 750 g/mol. The summed E-state index contributed by atoms with van der Waals surface area (Å²) in [5, 5.41) is 10.2. The molecule has 0 aromatic heterocycles. The fourth-order valence-corrected chi connectivity index (χ4v) is 8.69. The van der Waals surface area contributed by atoms with Crippen LogP contribution in [0.15, 0.2) is 237 Å². The van der Waals surface area contributed by atoms with E-state index in [2.05, 4.69) is 244 Å². The van der Waals surface area contributed by atoms with Crippen molar-refractivity contribution in [3.05, 3.63) is 242 Å². The molecule has 11 rings (SSSR count). The lowest BCUT2D eigenvalue weighted by Crippen LogP contribution is -1.94. The van der Waals surface area contributed by atoms with Gasteiger partial charge in [-0.25, -0.2) is 0 Å². The second-order valence-electron chi connectivity index (χ2n) is 15.3. The van der Waals surface area contributed by atoms with E-state index in [1.807, 2.05) is 0 Å². The van der Waals surface area contributed by atoms with E-state index in [-0.39, 0.29) is 0 Å². The van der Waals surface area contributed by atoms with Crippen LogP contribution in [0.2, 0.25) is 0 Å². The van der Waals surface area contributed by atoms with Gasteiger partial charge in [0.2, 0.25) is 0 Å². The van der Waals surface area contributed by atoms with Crippen molar-refractivity contribution in [1.82, 2.24) is 0 Å². The summed E-state index contributed by atoms with van der Waals surface area (Å²) in [4.78, 5) is 0. The highest BCUT2D eigenvalue weighted by atomic mass is 14.2. The van der Waals surface area contributed by atoms with Crippen LogP contribution in [-0.2, 0) is 0 Å². The molecular formula is C59H42. The molecule has 59 heavy (non-hydrogen) atoms. The predicted octanol–water partition coefficient (Wildman–Crippen LogP) is 16.6. The number of benzene rings is 11. The second-order valence-corrected chi connectivity index (χ2v) is 15.3. The third kappa shape index (κ3) is 7.07. The second kappa shape index (κ2) is 15.8. The van der Waals surface area contributed by atoms with Gasteiger partial charge in [0.05, 0.1) is 0 Å². The van der Waals surface area contributed by atoms with Gasteiger partial charge in [0.15, 0.2) is 0 Å². The fraction of sp³-hybridized carbons (Fsp3) is 0.0169. The van der Waals surface area contributed by atoms with Gasteiger partial charge in [0.1, 0.15) is 0 Å². The molecule has 0 fully saturated rings. The van der Waals surface area contributed by atoms with E-state index in [0.717, 1.165) is 0 Å². The molecule has 0 unspecified atom stereocenters. The van der Waals surface area contributed by atoms with E-state index < -0.39 is 0 Å². The van der Waals surface area contributed by atoms with Gasteiger partial charge in [-0.1, -0.05) is 224 Å². The first-order chi connectivity index (χ1) is 29.2. The molecular weight excluding hydrogens is 709 g/mol. The van der Waals surface area contributed by atoms with Crippen LogP contribution in [-0.4, -0.2) is 0 Å². The number of fused-ring (bicyclic) bond motifs is 4. The van der Waals surface area contributed by atoms with Crippen molar-refractivity contribution in [3.8, 4) is 55.6 Å². The summed E-state index contributed by atoms with van der Waals surface area (Å²) in [6.45, 7) is 2.16. The average molecular weight is 751 g/mol. The summed E-state index contributed by atoms with van der Waals surface area (Å²) in [6.07, 6.45) is 0. The molecule has 0 N–H and O–H groups in total. The van der Waals surface area contributed by atoms with Crippen molar-refractivity contribution < 1.29 is 0 Å². The van der Waals surface area contributed by atoms with Crippen LogP contribution in [0, 0.1) is 6.92 Å². The minimum absolute atomic E-state index is 1.20. The van der Waals surface area contributed by atoms with Crippen LogP contribution in [0.3, 0.4) is 0 Å². The molecule has 0 heterocycles. The molecule has 0 aliphatic rings. The number of hydrogen-bond acceptors (Lipinski definition) is 0. The van der Waals surface area contributed by atoms with Crippen molar-refractivity contribution in [2.75, 3.05) is 0 Å². The van der Waals surface area contributed by atoms with Crippen LogP contribution >= 0.6 is 0 Å². The number of aryl methyl sites for hydroxylation is 1. The largest absolute Gasteiger partial charge is 0.0622 e. The van der Waals surface area contributed by atoms with Crippen LogP contribution < -0.4 is 0 Å². The molecule has 0 spiro atoms. The minimum atomic E-state index is 1.20. The van der Waals surface area contributed by atoms with Gasteiger partial charge >= 0.3 is 0 Å². The Morgan fingerprint density at radius 3 is 1.27 bits per heavy atom.